The number of anilines is 1. The minimum Gasteiger partial charge on any atom is -0.449 e. The number of benzene rings is 3. The summed E-state index contributed by atoms with van der Waals surface area (Å²) in [6, 6.07) is 19.2. The Morgan fingerprint density at radius 3 is 2.09 bits per heavy atom. The van der Waals surface area contributed by atoms with Crippen LogP contribution < -0.4 is 5.32 Å². The molecular formula is C26H24N2O6. The molecule has 1 atom stereocenters. The molecule has 0 saturated carbocycles. The minimum atomic E-state index is -1.29. The average molecular weight is 460 g/mol. The summed E-state index contributed by atoms with van der Waals surface area (Å²) in [7, 11) is 0. The number of nitrogens with zero attached hydrogens (tertiary/aromatic N) is 1. The Labute approximate surface area is 196 Å². The predicted octanol–water partition coefficient (Wildman–Crippen LogP) is 5.10. The first-order valence-electron chi connectivity index (χ1n) is 10.7. The zero-order valence-corrected chi connectivity index (χ0v) is 18.8. The number of esters is 1. The summed E-state index contributed by atoms with van der Waals surface area (Å²) < 4.78 is 5.46. The molecule has 1 N–H and O–H groups in total. The quantitative estimate of drug-likeness (QED) is 0.206. The molecule has 1 amide bonds. The lowest BCUT2D eigenvalue weighted by atomic mass is 9.99. The zero-order valence-electron chi connectivity index (χ0n) is 18.8. The number of nitro groups is 1. The summed E-state index contributed by atoms with van der Waals surface area (Å²) in [5, 5.41) is 13.8. The van der Waals surface area contributed by atoms with Crippen LogP contribution in [0.5, 0.6) is 0 Å². The van der Waals surface area contributed by atoms with Crippen LogP contribution in [0.15, 0.2) is 72.8 Å². The molecule has 0 saturated heterocycles. The van der Waals surface area contributed by atoms with Crippen LogP contribution in [0.3, 0.4) is 0 Å². The van der Waals surface area contributed by atoms with Crippen LogP contribution in [0, 0.1) is 24.0 Å². The van der Waals surface area contributed by atoms with Crippen molar-refractivity contribution in [2.24, 2.45) is 0 Å². The standard InChI is InChI=1S/C26H24N2O6/c1-17-7-6-8-18(2)24(17)27-22(29)15-16-23(30)34-26(25(31)19-9-4-3-5-10-19)20-11-13-21(14-12-20)28(32)33/h3-14,26H,15-16H2,1-2H3,(H,27,29)/t26-/m0/s1. The largest absolute Gasteiger partial charge is 0.449 e. The van der Waals surface area contributed by atoms with Crippen LogP contribution >= 0.6 is 0 Å². The number of carbonyl (C=O) groups excluding carboxylic acids is 3. The molecule has 0 aromatic heterocycles. The van der Waals surface area contributed by atoms with Gasteiger partial charge in [-0.1, -0.05) is 48.5 Å². The summed E-state index contributed by atoms with van der Waals surface area (Å²) in [5.74, 6) is -1.55. The lowest BCUT2D eigenvalue weighted by Crippen LogP contribution is -2.21. The zero-order chi connectivity index (χ0) is 24.7. The molecule has 0 bridgehead atoms. The van der Waals surface area contributed by atoms with Crippen molar-refractivity contribution in [2.45, 2.75) is 32.8 Å². The highest BCUT2D eigenvalue weighted by Gasteiger charge is 2.27. The maximum absolute atomic E-state index is 13.1. The Balaban J connectivity index is 1.71. The third kappa shape index (κ3) is 6.13. The summed E-state index contributed by atoms with van der Waals surface area (Å²) in [4.78, 5) is 48.4. The first-order chi connectivity index (χ1) is 16.3. The summed E-state index contributed by atoms with van der Waals surface area (Å²) in [6.45, 7) is 3.75. The van der Waals surface area contributed by atoms with Gasteiger partial charge in [-0.05, 0) is 37.1 Å². The number of hydrogen-bond donors (Lipinski definition) is 1. The maximum atomic E-state index is 13.1. The topological polar surface area (TPSA) is 116 Å². The average Bonchev–Trinajstić information content (AvgIpc) is 2.84. The molecule has 0 unspecified atom stereocenters. The van der Waals surface area contributed by atoms with E-state index in [-0.39, 0.29) is 24.4 Å². The highest BCUT2D eigenvalue weighted by Crippen LogP contribution is 2.26. The first kappa shape index (κ1) is 24.3. The number of hydrogen-bond acceptors (Lipinski definition) is 6. The van der Waals surface area contributed by atoms with Gasteiger partial charge in [0.1, 0.15) is 0 Å². The fraction of sp³-hybridized carbons (Fsp3) is 0.192. The number of nitro benzene ring substituents is 1. The van der Waals surface area contributed by atoms with Crippen molar-refractivity contribution in [1.82, 2.24) is 0 Å². The van der Waals surface area contributed by atoms with Gasteiger partial charge in [0.15, 0.2) is 6.10 Å². The molecule has 8 heteroatoms. The predicted molar refractivity (Wildman–Crippen MR) is 126 cm³/mol. The van der Waals surface area contributed by atoms with E-state index in [9.17, 15) is 24.5 Å². The highest BCUT2D eigenvalue weighted by molar-refractivity contribution is 6.01. The van der Waals surface area contributed by atoms with Gasteiger partial charge in [0.25, 0.3) is 5.69 Å². The van der Waals surface area contributed by atoms with Crippen LogP contribution in [0.4, 0.5) is 11.4 Å². The number of amides is 1. The van der Waals surface area contributed by atoms with Gasteiger partial charge in [-0.3, -0.25) is 24.5 Å². The second-order valence-corrected chi connectivity index (χ2v) is 7.76. The Kier molecular flexibility index (Phi) is 7.87. The van der Waals surface area contributed by atoms with E-state index in [0.29, 0.717) is 16.8 Å². The lowest BCUT2D eigenvalue weighted by Gasteiger charge is -2.17. The fourth-order valence-electron chi connectivity index (χ4n) is 3.42. The van der Waals surface area contributed by atoms with Gasteiger partial charge in [0, 0.05) is 35.4 Å². The van der Waals surface area contributed by atoms with E-state index in [4.69, 9.17) is 4.74 Å². The highest BCUT2D eigenvalue weighted by atomic mass is 16.6. The molecule has 34 heavy (non-hydrogen) atoms. The Bertz CT molecular complexity index is 1190. The smallest absolute Gasteiger partial charge is 0.307 e. The maximum Gasteiger partial charge on any atom is 0.307 e. The second kappa shape index (κ2) is 11.0. The van der Waals surface area contributed by atoms with Gasteiger partial charge >= 0.3 is 5.97 Å². The molecular weight excluding hydrogens is 436 g/mol. The van der Waals surface area contributed by atoms with Crippen molar-refractivity contribution in [3.05, 3.63) is 105 Å². The lowest BCUT2D eigenvalue weighted by molar-refractivity contribution is -0.384. The van der Waals surface area contributed by atoms with Gasteiger partial charge in [0.2, 0.25) is 11.7 Å². The number of nitrogens with one attached hydrogen (secondary N) is 1. The van der Waals surface area contributed by atoms with Crippen LogP contribution in [-0.2, 0) is 14.3 Å². The molecule has 0 spiro atoms. The molecule has 0 heterocycles. The number of ether oxygens (including phenoxy) is 1. The van der Waals surface area contributed by atoms with E-state index in [2.05, 4.69) is 5.32 Å². The van der Waals surface area contributed by atoms with Crippen LogP contribution in [0.1, 0.15) is 46.0 Å². The number of rotatable bonds is 9. The summed E-state index contributed by atoms with van der Waals surface area (Å²) >= 11 is 0. The minimum absolute atomic E-state index is 0.126. The Morgan fingerprint density at radius 1 is 0.882 bits per heavy atom. The molecule has 0 aliphatic carbocycles. The van der Waals surface area contributed by atoms with E-state index in [1.807, 2.05) is 32.0 Å². The normalized spacial score (nSPS) is 11.4. The van der Waals surface area contributed by atoms with E-state index < -0.39 is 22.8 Å². The van der Waals surface area contributed by atoms with Crippen molar-refractivity contribution in [3.63, 3.8) is 0 Å². The molecule has 3 aromatic rings. The molecule has 0 radical (unpaired) electrons. The van der Waals surface area contributed by atoms with Crippen molar-refractivity contribution in [3.8, 4) is 0 Å². The third-order valence-electron chi connectivity index (χ3n) is 5.25. The molecule has 3 aromatic carbocycles. The number of carbonyl (C=O) groups is 3. The van der Waals surface area contributed by atoms with E-state index in [0.717, 1.165) is 11.1 Å². The monoisotopic (exact) mass is 460 g/mol. The molecule has 174 valence electrons. The van der Waals surface area contributed by atoms with Crippen LogP contribution in [0.2, 0.25) is 0 Å². The molecule has 0 aliphatic rings. The van der Waals surface area contributed by atoms with E-state index in [1.54, 1.807) is 30.3 Å². The van der Waals surface area contributed by atoms with Gasteiger partial charge in [0.05, 0.1) is 11.3 Å². The van der Waals surface area contributed by atoms with Gasteiger partial charge < -0.3 is 10.1 Å². The fourth-order valence-corrected chi connectivity index (χ4v) is 3.42. The van der Waals surface area contributed by atoms with Crippen LogP contribution in [-0.4, -0.2) is 22.6 Å². The summed E-state index contributed by atoms with van der Waals surface area (Å²) in [6.07, 6.45) is -1.65. The molecule has 3 rings (SSSR count). The first-order valence-corrected chi connectivity index (χ1v) is 10.7. The van der Waals surface area contributed by atoms with E-state index >= 15 is 0 Å². The number of aryl methyl sites for hydroxylation is 2. The van der Waals surface area contributed by atoms with E-state index in [1.165, 1.54) is 24.3 Å². The molecule has 8 nitrogen and oxygen atoms in total. The van der Waals surface area contributed by atoms with Crippen molar-refractivity contribution in [1.29, 1.82) is 0 Å². The van der Waals surface area contributed by atoms with Crippen molar-refractivity contribution < 1.29 is 24.0 Å². The number of ketones is 1. The summed E-state index contributed by atoms with van der Waals surface area (Å²) in [5.41, 5.74) is 2.98. The van der Waals surface area contributed by atoms with Gasteiger partial charge in [-0.15, -0.1) is 0 Å². The number of Topliss-reactive ketones (excluding diaryl/α,β-unsaturated/α-hetero) is 1. The molecule has 0 aliphatic heterocycles. The SMILES string of the molecule is Cc1cccc(C)c1NC(=O)CCC(=O)O[C@H](C(=O)c1ccccc1)c1ccc([N+](=O)[O-])cc1. The Hall–Kier alpha value is -4.33. The van der Waals surface area contributed by atoms with Gasteiger partial charge in [-0.2, -0.15) is 0 Å². The number of para-hydroxylation sites is 1. The van der Waals surface area contributed by atoms with Gasteiger partial charge in [-0.25, -0.2) is 0 Å². The Morgan fingerprint density at radius 2 is 1.50 bits per heavy atom. The number of non-ortho nitro benzene ring substituents is 1. The second-order valence-electron chi connectivity index (χ2n) is 7.76. The van der Waals surface area contributed by atoms with Crippen LogP contribution in [0.25, 0.3) is 0 Å². The molecule has 0 fully saturated rings. The van der Waals surface area contributed by atoms with Crippen molar-refractivity contribution in [2.75, 3.05) is 5.32 Å². The third-order valence-corrected chi connectivity index (χ3v) is 5.25. The van der Waals surface area contributed by atoms with Crippen molar-refractivity contribution >= 4 is 29.0 Å².